The summed E-state index contributed by atoms with van der Waals surface area (Å²) in [5.74, 6) is 0. The van der Waals surface area contributed by atoms with Crippen LogP contribution in [0.1, 0.15) is 5.56 Å². The Morgan fingerprint density at radius 1 is 0.917 bits per heavy atom. The largest absolute Gasteiger partial charge is 0.504 e. The Labute approximate surface area is 148 Å². The molecule has 4 rings (SSSR count). The number of rotatable bonds is 3. The van der Waals surface area contributed by atoms with Crippen LogP contribution in [0.3, 0.4) is 0 Å². The predicted molar refractivity (Wildman–Crippen MR) is 103 cm³/mol. The second kappa shape index (κ2) is 6.17. The molecule has 0 saturated carbocycles. The van der Waals surface area contributed by atoms with Crippen LogP contribution in [0, 0.1) is 0 Å². The van der Waals surface area contributed by atoms with Gasteiger partial charge in [0.25, 0.3) is 0 Å². The number of hydrogen-bond acceptors (Lipinski definition) is 2. The quantitative estimate of drug-likeness (QED) is 0.373. The zero-order valence-electron chi connectivity index (χ0n) is 13.1. The fraction of sp³-hybridized carbons (Fsp3) is 0.0476. The van der Waals surface area contributed by atoms with Crippen LogP contribution in [0.15, 0.2) is 75.8 Å². The third-order valence-corrected chi connectivity index (χ3v) is 4.58. The van der Waals surface area contributed by atoms with Gasteiger partial charge in [-0.1, -0.05) is 46.3 Å². The molecule has 0 aliphatic carbocycles. The summed E-state index contributed by atoms with van der Waals surface area (Å²) in [6, 6.07) is 20.7. The molecule has 0 fully saturated rings. The first-order valence-corrected chi connectivity index (χ1v) is 8.46. The van der Waals surface area contributed by atoms with Crippen LogP contribution < -0.4 is 0 Å². The van der Waals surface area contributed by atoms with E-state index in [2.05, 4.69) is 52.3 Å². The number of ether oxygens (including phenoxy) is 1. The Kier molecular flexibility index (Phi) is 3.87. The van der Waals surface area contributed by atoms with Crippen molar-refractivity contribution >= 4 is 43.9 Å². The maximum Gasteiger partial charge on any atom is 0.135 e. The Balaban J connectivity index is 1.93. The molecule has 118 valence electrons. The fourth-order valence-electron chi connectivity index (χ4n) is 2.97. The van der Waals surface area contributed by atoms with Crippen LogP contribution in [0.5, 0.6) is 0 Å². The lowest BCUT2D eigenvalue weighted by atomic mass is 9.98. The SMILES string of the molecule is CO/C=C/c1cc(Br)ccc1-c1ccc2oc3ccccc3c2c1. The van der Waals surface area contributed by atoms with Crippen LogP contribution in [0.25, 0.3) is 39.1 Å². The molecule has 3 aromatic carbocycles. The van der Waals surface area contributed by atoms with Crippen molar-refractivity contribution in [1.29, 1.82) is 0 Å². The summed E-state index contributed by atoms with van der Waals surface area (Å²) in [5, 5.41) is 2.27. The van der Waals surface area contributed by atoms with E-state index in [0.29, 0.717) is 0 Å². The molecule has 0 bridgehead atoms. The third-order valence-electron chi connectivity index (χ3n) is 4.09. The third kappa shape index (κ3) is 2.61. The van der Waals surface area contributed by atoms with Gasteiger partial charge in [-0.3, -0.25) is 0 Å². The van der Waals surface area contributed by atoms with Gasteiger partial charge in [-0.2, -0.15) is 0 Å². The molecule has 0 atom stereocenters. The lowest BCUT2D eigenvalue weighted by Crippen LogP contribution is -1.84. The number of hydrogen-bond donors (Lipinski definition) is 0. The molecule has 4 aromatic rings. The lowest BCUT2D eigenvalue weighted by Gasteiger charge is -2.07. The van der Waals surface area contributed by atoms with E-state index in [9.17, 15) is 0 Å². The number of furan rings is 1. The number of benzene rings is 3. The molecule has 0 N–H and O–H groups in total. The average molecular weight is 379 g/mol. The summed E-state index contributed by atoms with van der Waals surface area (Å²) in [4.78, 5) is 0. The molecule has 3 heteroatoms. The van der Waals surface area contributed by atoms with E-state index in [0.717, 1.165) is 43.1 Å². The van der Waals surface area contributed by atoms with E-state index in [-0.39, 0.29) is 0 Å². The van der Waals surface area contributed by atoms with Crippen LogP contribution in [0.2, 0.25) is 0 Å². The van der Waals surface area contributed by atoms with E-state index in [1.807, 2.05) is 30.3 Å². The zero-order valence-corrected chi connectivity index (χ0v) is 14.7. The molecule has 1 heterocycles. The Morgan fingerprint density at radius 3 is 2.62 bits per heavy atom. The summed E-state index contributed by atoms with van der Waals surface area (Å²) < 4.78 is 12.0. The van der Waals surface area contributed by atoms with E-state index in [1.54, 1.807) is 13.4 Å². The van der Waals surface area contributed by atoms with Gasteiger partial charge in [0.15, 0.2) is 0 Å². The van der Waals surface area contributed by atoms with Crippen LogP contribution in [-0.4, -0.2) is 7.11 Å². The van der Waals surface area contributed by atoms with Gasteiger partial charge >= 0.3 is 0 Å². The predicted octanol–water partition coefficient (Wildman–Crippen LogP) is 6.63. The fourth-order valence-corrected chi connectivity index (χ4v) is 3.35. The highest BCUT2D eigenvalue weighted by Gasteiger charge is 2.10. The smallest absolute Gasteiger partial charge is 0.135 e. The van der Waals surface area contributed by atoms with Gasteiger partial charge < -0.3 is 9.15 Å². The Hall–Kier alpha value is -2.52. The second-order valence-electron chi connectivity index (χ2n) is 5.58. The molecule has 0 amide bonds. The van der Waals surface area contributed by atoms with Crippen molar-refractivity contribution in [2.24, 2.45) is 0 Å². The summed E-state index contributed by atoms with van der Waals surface area (Å²) >= 11 is 3.54. The molecular weight excluding hydrogens is 364 g/mol. The molecule has 2 nitrogen and oxygen atoms in total. The van der Waals surface area contributed by atoms with Crippen molar-refractivity contribution in [3.05, 3.63) is 77.0 Å². The highest BCUT2D eigenvalue weighted by molar-refractivity contribution is 9.10. The van der Waals surface area contributed by atoms with Crippen molar-refractivity contribution < 1.29 is 9.15 Å². The summed E-state index contributed by atoms with van der Waals surface area (Å²) in [6.07, 6.45) is 3.66. The van der Waals surface area contributed by atoms with Gasteiger partial charge in [0.1, 0.15) is 11.2 Å². The molecule has 1 aromatic heterocycles. The maximum atomic E-state index is 5.92. The van der Waals surface area contributed by atoms with Crippen molar-refractivity contribution in [2.75, 3.05) is 7.11 Å². The minimum atomic E-state index is 0.908. The molecule has 0 aliphatic rings. The van der Waals surface area contributed by atoms with Crippen LogP contribution >= 0.6 is 15.9 Å². The highest BCUT2D eigenvalue weighted by atomic mass is 79.9. The van der Waals surface area contributed by atoms with Gasteiger partial charge in [-0.15, -0.1) is 0 Å². The minimum absolute atomic E-state index is 0.908. The Bertz CT molecular complexity index is 1060. The second-order valence-corrected chi connectivity index (χ2v) is 6.49. The van der Waals surface area contributed by atoms with Crippen molar-refractivity contribution in [3.8, 4) is 11.1 Å². The van der Waals surface area contributed by atoms with Gasteiger partial charge in [0.05, 0.1) is 13.4 Å². The van der Waals surface area contributed by atoms with Gasteiger partial charge in [0, 0.05) is 15.2 Å². The van der Waals surface area contributed by atoms with Gasteiger partial charge in [-0.05, 0) is 53.1 Å². The topological polar surface area (TPSA) is 22.4 Å². The minimum Gasteiger partial charge on any atom is -0.504 e. The molecule has 0 aliphatic heterocycles. The first-order valence-electron chi connectivity index (χ1n) is 7.67. The molecular formula is C21H15BrO2. The van der Waals surface area contributed by atoms with E-state index in [4.69, 9.17) is 9.15 Å². The van der Waals surface area contributed by atoms with Crippen molar-refractivity contribution in [1.82, 2.24) is 0 Å². The molecule has 24 heavy (non-hydrogen) atoms. The zero-order chi connectivity index (χ0) is 16.5. The van der Waals surface area contributed by atoms with Gasteiger partial charge in [-0.25, -0.2) is 0 Å². The van der Waals surface area contributed by atoms with E-state index in [1.165, 1.54) is 0 Å². The van der Waals surface area contributed by atoms with Crippen LogP contribution in [0.4, 0.5) is 0 Å². The maximum absolute atomic E-state index is 5.92. The first kappa shape index (κ1) is 15.0. The van der Waals surface area contributed by atoms with Crippen LogP contribution in [-0.2, 0) is 4.74 Å². The first-order chi connectivity index (χ1) is 11.8. The van der Waals surface area contributed by atoms with Crippen molar-refractivity contribution in [2.45, 2.75) is 0 Å². The van der Waals surface area contributed by atoms with Gasteiger partial charge in [0.2, 0.25) is 0 Å². The number of fused-ring (bicyclic) bond motifs is 3. The van der Waals surface area contributed by atoms with E-state index >= 15 is 0 Å². The number of halogens is 1. The summed E-state index contributed by atoms with van der Waals surface area (Å²) in [6.45, 7) is 0. The molecule has 0 unspecified atom stereocenters. The molecule has 0 saturated heterocycles. The number of methoxy groups -OCH3 is 1. The Morgan fingerprint density at radius 2 is 1.75 bits per heavy atom. The molecule has 0 radical (unpaired) electrons. The molecule has 0 spiro atoms. The lowest BCUT2D eigenvalue weighted by molar-refractivity contribution is 0.341. The van der Waals surface area contributed by atoms with Crippen molar-refractivity contribution in [3.63, 3.8) is 0 Å². The monoisotopic (exact) mass is 378 g/mol. The van der Waals surface area contributed by atoms with E-state index < -0.39 is 0 Å². The number of para-hydroxylation sites is 1. The summed E-state index contributed by atoms with van der Waals surface area (Å²) in [5.41, 5.74) is 5.22. The normalized spacial score (nSPS) is 11.6. The average Bonchev–Trinajstić information content (AvgIpc) is 2.98. The summed E-state index contributed by atoms with van der Waals surface area (Å²) in [7, 11) is 1.65. The standard InChI is InChI=1S/C21H15BrO2/c1-23-11-10-15-12-16(22)7-8-17(15)14-6-9-21-19(13-14)18-4-2-3-5-20(18)24-21/h2-13H,1H3/b11-10+. The highest BCUT2D eigenvalue weighted by Crippen LogP contribution is 2.34.